The summed E-state index contributed by atoms with van der Waals surface area (Å²) >= 11 is 8.23. The van der Waals surface area contributed by atoms with E-state index in [1.54, 1.807) is 24.6 Å². The molecule has 3 aromatic rings. The monoisotopic (exact) mass is 488 g/mol. The fraction of sp³-hybridized carbons (Fsp3) is 0.500. The second kappa shape index (κ2) is 11.2. The summed E-state index contributed by atoms with van der Waals surface area (Å²) in [7, 11) is 1.62. The third-order valence-electron chi connectivity index (χ3n) is 7.12. The first-order valence-electron chi connectivity index (χ1n) is 11.7. The molecule has 0 spiro atoms. The number of rotatable bonds is 10. The SMILES string of the molecule is COc1ccc2ncc(Cl)c(C(O)CCC3(CO)CCN(CCCc4ccsc4)CC3)c2c1. The fourth-order valence-electron chi connectivity index (χ4n) is 4.90. The number of aliphatic hydroxyl groups is 2. The average Bonchev–Trinajstić information content (AvgIpc) is 3.36. The van der Waals surface area contributed by atoms with Crippen LogP contribution in [0.3, 0.4) is 0 Å². The van der Waals surface area contributed by atoms with Gasteiger partial charge >= 0.3 is 0 Å². The van der Waals surface area contributed by atoms with Gasteiger partial charge in [-0.05, 0) is 104 Å². The molecule has 2 aromatic heterocycles. The topological polar surface area (TPSA) is 65.8 Å². The maximum Gasteiger partial charge on any atom is 0.119 e. The minimum Gasteiger partial charge on any atom is -0.497 e. The molecular formula is C26H33ClN2O3S. The first-order chi connectivity index (χ1) is 16.0. The zero-order valence-electron chi connectivity index (χ0n) is 19.2. The van der Waals surface area contributed by atoms with Crippen LogP contribution in [-0.2, 0) is 6.42 Å². The summed E-state index contributed by atoms with van der Waals surface area (Å²) in [5, 5.41) is 27.0. The molecule has 178 valence electrons. The van der Waals surface area contributed by atoms with Gasteiger partial charge in [-0.3, -0.25) is 4.98 Å². The number of nitrogens with zero attached hydrogens (tertiary/aromatic N) is 2. The van der Waals surface area contributed by atoms with Gasteiger partial charge < -0.3 is 19.8 Å². The summed E-state index contributed by atoms with van der Waals surface area (Å²) < 4.78 is 5.35. The Kier molecular flexibility index (Phi) is 8.25. The first-order valence-corrected chi connectivity index (χ1v) is 13.0. The summed E-state index contributed by atoms with van der Waals surface area (Å²) in [4.78, 5) is 6.89. The number of thiophene rings is 1. The Morgan fingerprint density at radius 2 is 2.09 bits per heavy atom. The lowest BCUT2D eigenvalue weighted by molar-refractivity contribution is 0.0234. The number of pyridine rings is 1. The molecule has 2 N–H and O–H groups in total. The Balaban J connectivity index is 1.35. The van der Waals surface area contributed by atoms with Gasteiger partial charge in [0, 0.05) is 23.8 Å². The van der Waals surface area contributed by atoms with Crippen molar-refractivity contribution in [3.8, 4) is 5.75 Å². The van der Waals surface area contributed by atoms with Crippen molar-refractivity contribution >= 4 is 33.8 Å². The number of aliphatic hydroxyl groups excluding tert-OH is 2. The molecule has 33 heavy (non-hydrogen) atoms. The minimum absolute atomic E-state index is 0.141. The van der Waals surface area contributed by atoms with E-state index in [4.69, 9.17) is 16.3 Å². The molecule has 1 unspecified atom stereocenters. The second-order valence-electron chi connectivity index (χ2n) is 9.19. The van der Waals surface area contributed by atoms with E-state index >= 15 is 0 Å². The lowest BCUT2D eigenvalue weighted by Crippen LogP contribution is -2.42. The minimum atomic E-state index is -0.720. The highest BCUT2D eigenvalue weighted by atomic mass is 35.5. The van der Waals surface area contributed by atoms with Gasteiger partial charge in [-0.1, -0.05) is 11.6 Å². The Bertz CT molecular complexity index is 1040. The molecule has 1 saturated heterocycles. The quantitative estimate of drug-likeness (QED) is 0.395. The van der Waals surface area contributed by atoms with Crippen LogP contribution in [-0.4, -0.2) is 53.4 Å². The van der Waals surface area contributed by atoms with Crippen LogP contribution in [0.25, 0.3) is 10.9 Å². The van der Waals surface area contributed by atoms with Crippen LogP contribution in [0.4, 0.5) is 0 Å². The second-order valence-corrected chi connectivity index (χ2v) is 10.4. The van der Waals surface area contributed by atoms with Crippen molar-refractivity contribution in [3.63, 3.8) is 0 Å². The predicted molar refractivity (Wildman–Crippen MR) is 135 cm³/mol. The van der Waals surface area contributed by atoms with Crippen molar-refractivity contribution in [2.45, 2.75) is 44.6 Å². The fourth-order valence-corrected chi connectivity index (χ4v) is 5.88. The molecule has 0 aliphatic carbocycles. The van der Waals surface area contributed by atoms with Crippen molar-refractivity contribution in [2.24, 2.45) is 5.41 Å². The van der Waals surface area contributed by atoms with Crippen LogP contribution in [0.1, 0.15) is 49.3 Å². The van der Waals surface area contributed by atoms with Crippen LogP contribution in [0, 0.1) is 5.41 Å². The maximum absolute atomic E-state index is 11.1. The van der Waals surface area contributed by atoms with Gasteiger partial charge in [0.05, 0.1) is 23.8 Å². The Morgan fingerprint density at radius 1 is 1.27 bits per heavy atom. The van der Waals surface area contributed by atoms with Crippen LogP contribution < -0.4 is 4.74 Å². The van der Waals surface area contributed by atoms with Crippen molar-refractivity contribution in [1.82, 2.24) is 9.88 Å². The van der Waals surface area contributed by atoms with E-state index in [0.717, 1.165) is 56.2 Å². The number of benzene rings is 1. The smallest absolute Gasteiger partial charge is 0.119 e. The third-order valence-corrected chi connectivity index (χ3v) is 8.15. The summed E-state index contributed by atoms with van der Waals surface area (Å²) in [6, 6.07) is 7.82. The molecule has 0 radical (unpaired) electrons. The van der Waals surface area contributed by atoms with E-state index in [1.807, 2.05) is 18.2 Å². The number of hydrogen-bond acceptors (Lipinski definition) is 6. The first kappa shape index (κ1) is 24.4. The van der Waals surface area contributed by atoms with E-state index < -0.39 is 6.10 Å². The molecular weight excluding hydrogens is 456 g/mol. The Morgan fingerprint density at radius 3 is 2.79 bits per heavy atom. The summed E-state index contributed by atoms with van der Waals surface area (Å²) in [6.45, 7) is 3.24. The van der Waals surface area contributed by atoms with Gasteiger partial charge in [0.2, 0.25) is 0 Å². The van der Waals surface area contributed by atoms with Gasteiger partial charge in [0.1, 0.15) is 5.75 Å². The molecule has 1 aliphatic heterocycles. The van der Waals surface area contributed by atoms with Gasteiger partial charge in [-0.15, -0.1) is 0 Å². The van der Waals surface area contributed by atoms with Crippen molar-refractivity contribution in [1.29, 1.82) is 0 Å². The Hall–Kier alpha value is -1.70. The van der Waals surface area contributed by atoms with Crippen molar-refractivity contribution < 1.29 is 14.9 Å². The van der Waals surface area contributed by atoms with E-state index in [-0.39, 0.29) is 12.0 Å². The van der Waals surface area contributed by atoms with Gasteiger partial charge in [-0.2, -0.15) is 11.3 Å². The van der Waals surface area contributed by atoms with Gasteiger partial charge in [0.15, 0.2) is 0 Å². The molecule has 3 heterocycles. The van der Waals surface area contributed by atoms with Crippen LogP contribution in [0.5, 0.6) is 5.75 Å². The summed E-state index contributed by atoms with van der Waals surface area (Å²) in [5.74, 6) is 0.707. The number of aryl methyl sites for hydroxylation is 1. The highest BCUT2D eigenvalue weighted by Crippen LogP contribution is 2.40. The molecule has 1 aliphatic rings. The predicted octanol–water partition coefficient (Wildman–Crippen LogP) is 5.48. The molecule has 1 atom stereocenters. The van der Waals surface area contributed by atoms with E-state index in [0.29, 0.717) is 22.8 Å². The number of likely N-dealkylation sites (tertiary alicyclic amines) is 1. The average molecular weight is 489 g/mol. The molecule has 1 fully saturated rings. The highest BCUT2D eigenvalue weighted by molar-refractivity contribution is 7.07. The van der Waals surface area contributed by atoms with Crippen molar-refractivity contribution in [2.75, 3.05) is 33.4 Å². The largest absolute Gasteiger partial charge is 0.497 e. The Labute approximate surface area is 205 Å². The molecule has 1 aromatic carbocycles. The van der Waals surface area contributed by atoms with Crippen LogP contribution >= 0.6 is 22.9 Å². The summed E-state index contributed by atoms with van der Waals surface area (Å²) in [5.41, 5.74) is 2.76. The number of ether oxygens (including phenoxy) is 1. The van der Waals surface area contributed by atoms with E-state index in [1.165, 1.54) is 12.0 Å². The summed E-state index contributed by atoms with van der Waals surface area (Å²) in [6.07, 6.45) is 6.39. The molecule has 0 amide bonds. The van der Waals surface area contributed by atoms with Crippen LogP contribution in [0.15, 0.2) is 41.2 Å². The number of methoxy groups -OCH3 is 1. The zero-order chi connectivity index (χ0) is 23.3. The lowest BCUT2D eigenvalue weighted by atomic mass is 9.74. The number of aromatic nitrogens is 1. The third kappa shape index (κ3) is 5.87. The molecule has 0 saturated carbocycles. The van der Waals surface area contributed by atoms with E-state index in [9.17, 15) is 10.2 Å². The molecule has 4 rings (SSSR count). The van der Waals surface area contributed by atoms with Gasteiger partial charge in [0.25, 0.3) is 0 Å². The van der Waals surface area contributed by atoms with Crippen molar-refractivity contribution in [3.05, 3.63) is 57.4 Å². The number of piperidine rings is 1. The standard InChI is InChI=1S/C26H33ClN2O3S/c1-32-20-4-5-23-21(15-20)25(22(27)16-28-23)24(31)6-8-26(18-30)9-12-29(13-10-26)11-2-3-19-7-14-33-17-19/h4-5,7,14-17,24,30-31H,2-3,6,8-13,18H2,1H3. The highest BCUT2D eigenvalue weighted by Gasteiger charge is 2.34. The number of fused-ring (bicyclic) bond motifs is 1. The normalized spacial score (nSPS) is 17.3. The van der Waals surface area contributed by atoms with Crippen LogP contribution in [0.2, 0.25) is 5.02 Å². The molecule has 0 bridgehead atoms. The molecule has 7 heteroatoms. The maximum atomic E-state index is 11.1. The van der Waals surface area contributed by atoms with Gasteiger partial charge in [-0.25, -0.2) is 0 Å². The zero-order valence-corrected chi connectivity index (χ0v) is 20.7. The molecule has 5 nitrogen and oxygen atoms in total. The lowest BCUT2D eigenvalue weighted by Gasteiger charge is -2.41. The number of halogens is 1. The van der Waals surface area contributed by atoms with E-state index in [2.05, 4.69) is 26.7 Å². The number of hydrogen-bond donors (Lipinski definition) is 2.